The summed E-state index contributed by atoms with van der Waals surface area (Å²) < 4.78 is 24.6. The van der Waals surface area contributed by atoms with Gasteiger partial charge in [0.25, 0.3) is 0 Å². The van der Waals surface area contributed by atoms with Gasteiger partial charge in [0.1, 0.15) is 5.82 Å². The first-order valence-corrected chi connectivity index (χ1v) is 8.83. The van der Waals surface area contributed by atoms with Gasteiger partial charge in [-0.25, -0.2) is 4.39 Å². The van der Waals surface area contributed by atoms with Gasteiger partial charge in [0.15, 0.2) is 17.5 Å². The maximum Gasteiger partial charge on any atom is 0.193 e. The molecule has 0 aliphatic carbocycles. The summed E-state index contributed by atoms with van der Waals surface area (Å²) in [6.07, 6.45) is 0.781. The molecule has 0 heterocycles. The fourth-order valence-corrected chi connectivity index (χ4v) is 2.76. The summed E-state index contributed by atoms with van der Waals surface area (Å²) in [5, 5.41) is 12.0. The van der Waals surface area contributed by atoms with Crippen LogP contribution < -0.4 is 14.8 Å². The van der Waals surface area contributed by atoms with Crippen molar-refractivity contribution in [3.63, 3.8) is 0 Å². The van der Waals surface area contributed by atoms with Gasteiger partial charge in [-0.3, -0.25) is 4.99 Å². The van der Waals surface area contributed by atoms with Gasteiger partial charge in [0, 0.05) is 32.7 Å². The number of nitriles is 1. The number of benzene rings is 2. The molecule has 0 spiro atoms. The Kier molecular flexibility index (Phi) is 7.64. The SMILES string of the molecule is CN=C(NCc1ccc(C#N)cc1F)N(C)CCc1ccc(OC)c(OC)c1. The number of methoxy groups -OCH3 is 2. The third kappa shape index (κ3) is 5.36. The van der Waals surface area contributed by atoms with Crippen molar-refractivity contribution in [2.75, 3.05) is 34.9 Å². The maximum absolute atomic E-state index is 14.0. The van der Waals surface area contributed by atoms with Gasteiger partial charge in [-0.05, 0) is 36.2 Å². The van der Waals surface area contributed by atoms with Crippen molar-refractivity contribution in [3.8, 4) is 17.6 Å². The van der Waals surface area contributed by atoms with Crippen LogP contribution in [0.5, 0.6) is 11.5 Å². The number of aliphatic imine (C=N–C) groups is 1. The number of halogens is 1. The van der Waals surface area contributed by atoms with Crippen molar-refractivity contribution in [3.05, 3.63) is 58.9 Å². The van der Waals surface area contributed by atoms with Crippen LogP contribution in [0.1, 0.15) is 16.7 Å². The number of nitrogens with zero attached hydrogens (tertiary/aromatic N) is 3. The molecule has 7 heteroatoms. The largest absolute Gasteiger partial charge is 0.493 e. The number of nitrogens with one attached hydrogen (secondary N) is 1. The highest BCUT2D eigenvalue weighted by Crippen LogP contribution is 2.27. The smallest absolute Gasteiger partial charge is 0.193 e. The van der Waals surface area contributed by atoms with Crippen LogP contribution >= 0.6 is 0 Å². The predicted molar refractivity (Wildman–Crippen MR) is 107 cm³/mol. The standard InChI is InChI=1S/C21H25FN4O2/c1-24-21(25-14-17-7-5-16(13-23)11-18(17)22)26(2)10-9-15-6-8-19(27-3)20(12-15)28-4/h5-8,11-12H,9-10,14H2,1-4H3,(H,24,25). The second kappa shape index (κ2) is 10.2. The molecule has 0 atom stereocenters. The molecule has 0 saturated heterocycles. The second-order valence-electron chi connectivity index (χ2n) is 6.18. The number of hydrogen-bond donors (Lipinski definition) is 1. The molecular formula is C21H25FN4O2. The van der Waals surface area contributed by atoms with E-state index in [1.54, 1.807) is 33.4 Å². The molecule has 2 rings (SSSR count). The van der Waals surface area contributed by atoms with E-state index in [4.69, 9.17) is 14.7 Å². The van der Waals surface area contributed by atoms with Crippen molar-refractivity contribution in [2.45, 2.75) is 13.0 Å². The normalized spacial score (nSPS) is 10.9. The summed E-state index contributed by atoms with van der Waals surface area (Å²) in [5.74, 6) is 1.64. The van der Waals surface area contributed by atoms with Gasteiger partial charge in [-0.1, -0.05) is 12.1 Å². The highest BCUT2D eigenvalue weighted by molar-refractivity contribution is 5.79. The zero-order chi connectivity index (χ0) is 20.5. The maximum atomic E-state index is 14.0. The van der Waals surface area contributed by atoms with E-state index in [1.165, 1.54) is 6.07 Å². The Bertz CT molecular complexity index is 877. The van der Waals surface area contributed by atoms with Gasteiger partial charge < -0.3 is 19.7 Å². The van der Waals surface area contributed by atoms with E-state index in [0.717, 1.165) is 12.0 Å². The van der Waals surface area contributed by atoms with Crippen LogP contribution in [0.2, 0.25) is 0 Å². The minimum atomic E-state index is -0.407. The monoisotopic (exact) mass is 384 g/mol. The lowest BCUT2D eigenvalue weighted by molar-refractivity contribution is 0.354. The van der Waals surface area contributed by atoms with Crippen molar-refractivity contribution in [1.82, 2.24) is 10.2 Å². The molecule has 0 unspecified atom stereocenters. The molecule has 2 aromatic rings. The van der Waals surface area contributed by atoms with E-state index in [1.807, 2.05) is 36.2 Å². The lowest BCUT2D eigenvalue weighted by Crippen LogP contribution is -2.39. The first-order valence-electron chi connectivity index (χ1n) is 8.83. The Labute approximate surface area is 165 Å². The lowest BCUT2D eigenvalue weighted by atomic mass is 10.1. The van der Waals surface area contributed by atoms with Crippen LogP contribution in [0.3, 0.4) is 0 Å². The minimum absolute atomic E-state index is 0.283. The summed E-state index contributed by atoms with van der Waals surface area (Å²) in [5.41, 5.74) is 1.89. The van der Waals surface area contributed by atoms with E-state index in [9.17, 15) is 4.39 Å². The molecule has 0 aliphatic rings. The summed E-state index contributed by atoms with van der Waals surface area (Å²) >= 11 is 0. The van der Waals surface area contributed by atoms with Gasteiger partial charge >= 0.3 is 0 Å². The molecule has 1 N–H and O–H groups in total. The summed E-state index contributed by atoms with van der Waals surface area (Å²) in [6, 6.07) is 12.2. The number of rotatable bonds is 7. The van der Waals surface area contributed by atoms with E-state index in [-0.39, 0.29) is 6.54 Å². The first-order chi connectivity index (χ1) is 13.5. The molecule has 0 amide bonds. The van der Waals surface area contributed by atoms with Crippen molar-refractivity contribution in [1.29, 1.82) is 5.26 Å². The zero-order valence-electron chi connectivity index (χ0n) is 16.6. The molecule has 6 nitrogen and oxygen atoms in total. The lowest BCUT2D eigenvalue weighted by Gasteiger charge is -2.22. The zero-order valence-corrected chi connectivity index (χ0v) is 16.6. The van der Waals surface area contributed by atoms with Gasteiger partial charge in [0.2, 0.25) is 0 Å². The van der Waals surface area contributed by atoms with Crippen LogP contribution in [0, 0.1) is 17.1 Å². The van der Waals surface area contributed by atoms with Crippen LogP contribution in [0.4, 0.5) is 4.39 Å². The molecule has 28 heavy (non-hydrogen) atoms. The van der Waals surface area contributed by atoms with Gasteiger partial charge in [-0.15, -0.1) is 0 Å². The Morgan fingerprint density at radius 3 is 2.54 bits per heavy atom. The van der Waals surface area contributed by atoms with E-state index in [2.05, 4.69) is 10.3 Å². The van der Waals surface area contributed by atoms with Crippen LogP contribution in [0.25, 0.3) is 0 Å². The molecule has 0 fully saturated rings. The average molecular weight is 384 g/mol. The Hall–Kier alpha value is -3.27. The Balaban J connectivity index is 1.95. The topological polar surface area (TPSA) is 69.9 Å². The molecule has 0 aliphatic heterocycles. The van der Waals surface area contributed by atoms with Crippen molar-refractivity contribution < 1.29 is 13.9 Å². The van der Waals surface area contributed by atoms with Crippen LogP contribution in [-0.2, 0) is 13.0 Å². The third-order valence-corrected chi connectivity index (χ3v) is 4.38. The Morgan fingerprint density at radius 1 is 1.18 bits per heavy atom. The highest BCUT2D eigenvalue weighted by atomic mass is 19.1. The third-order valence-electron chi connectivity index (χ3n) is 4.38. The highest BCUT2D eigenvalue weighted by Gasteiger charge is 2.10. The molecule has 0 bridgehead atoms. The number of ether oxygens (including phenoxy) is 2. The van der Waals surface area contributed by atoms with Crippen molar-refractivity contribution >= 4 is 5.96 Å². The molecule has 2 aromatic carbocycles. The average Bonchev–Trinajstić information content (AvgIpc) is 2.73. The van der Waals surface area contributed by atoms with Crippen molar-refractivity contribution in [2.24, 2.45) is 4.99 Å². The molecule has 0 radical (unpaired) electrons. The quantitative estimate of drug-likeness (QED) is 0.587. The first kappa shape index (κ1) is 21.0. The second-order valence-corrected chi connectivity index (χ2v) is 6.18. The fourth-order valence-electron chi connectivity index (χ4n) is 2.76. The fraction of sp³-hybridized carbons (Fsp3) is 0.333. The number of hydrogen-bond acceptors (Lipinski definition) is 4. The van der Waals surface area contributed by atoms with E-state index < -0.39 is 5.82 Å². The molecule has 0 aromatic heterocycles. The number of likely N-dealkylation sites (N-methyl/N-ethyl adjacent to an activating group) is 1. The van der Waals surface area contributed by atoms with E-state index >= 15 is 0 Å². The molecule has 148 valence electrons. The minimum Gasteiger partial charge on any atom is -0.493 e. The summed E-state index contributed by atoms with van der Waals surface area (Å²) in [7, 11) is 6.83. The van der Waals surface area contributed by atoms with Crippen LogP contribution in [-0.4, -0.2) is 45.7 Å². The van der Waals surface area contributed by atoms with Gasteiger partial charge in [-0.2, -0.15) is 5.26 Å². The Morgan fingerprint density at radius 2 is 1.93 bits per heavy atom. The van der Waals surface area contributed by atoms with Gasteiger partial charge in [0.05, 0.1) is 25.9 Å². The predicted octanol–water partition coefficient (Wildman–Crippen LogP) is 2.96. The van der Waals surface area contributed by atoms with E-state index in [0.29, 0.717) is 35.1 Å². The number of guanidine groups is 1. The van der Waals surface area contributed by atoms with Crippen LogP contribution in [0.15, 0.2) is 41.4 Å². The summed E-state index contributed by atoms with van der Waals surface area (Å²) in [6.45, 7) is 0.996. The molecule has 0 saturated carbocycles. The summed E-state index contributed by atoms with van der Waals surface area (Å²) in [4.78, 5) is 6.22. The molecular weight excluding hydrogens is 359 g/mol.